The van der Waals surface area contributed by atoms with Crippen molar-refractivity contribution in [1.29, 1.82) is 0 Å². The summed E-state index contributed by atoms with van der Waals surface area (Å²) in [6.45, 7) is 0.828. The van der Waals surface area contributed by atoms with Gasteiger partial charge in [0.2, 0.25) is 5.91 Å². The Balaban J connectivity index is 1.85. The predicted octanol–water partition coefficient (Wildman–Crippen LogP) is 3.50. The molecule has 0 aromatic heterocycles. The maximum atomic E-state index is 12.5. The second-order valence-corrected chi connectivity index (χ2v) is 6.46. The van der Waals surface area contributed by atoms with E-state index in [1.165, 1.54) is 4.90 Å². The Morgan fingerprint density at radius 3 is 2.50 bits per heavy atom. The summed E-state index contributed by atoms with van der Waals surface area (Å²) in [5.74, 6) is -0.275. The van der Waals surface area contributed by atoms with Gasteiger partial charge in [-0.15, -0.1) is 0 Å². The van der Waals surface area contributed by atoms with E-state index in [1.807, 2.05) is 4.90 Å². The number of nitrogens with zero attached hydrogens (tertiary/aromatic N) is 2. The average Bonchev–Trinajstić information content (AvgIpc) is 2.68. The molecule has 4 nitrogen and oxygen atoms in total. The fraction of sp³-hybridized carbons (Fsp3) is 0.533. The van der Waals surface area contributed by atoms with E-state index in [1.54, 1.807) is 18.2 Å². The monoisotopic (exact) mass is 383 g/mol. The molecule has 1 saturated heterocycles. The first-order chi connectivity index (χ1) is 11.2. The number of amides is 1. The molecule has 1 aromatic carbocycles. The zero-order chi connectivity index (χ0) is 17.7. The van der Waals surface area contributed by atoms with Gasteiger partial charge in [0, 0.05) is 13.1 Å². The third-order valence-electron chi connectivity index (χ3n) is 3.68. The second kappa shape index (κ2) is 8.38. The fourth-order valence-electron chi connectivity index (χ4n) is 2.59. The van der Waals surface area contributed by atoms with Crippen LogP contribution in [0.1, 0.15) is 6.42 Å². The van der Waals surface area contributed by atoms with Gasteiger partial charge < -0.3 is 5.32 Å². The Morgan fingerprint density at radius 1 is 1.12 bits per heavy atom. The van der Waals surface area contributed by atoms with Crippen LogP contribution in [0.25, 0.3) is 0 Å². The van der Waals surface area contributed by atoms with Crippen LogP contribution in [0.5, 0.6) is 0 Å². The summed E-state index contributed by atoms with van der Waals surface area (Å²) < 4.78 is 37.4. The minimum atomic E-state index is -4.20. The molecule has 0 atom stereocenters. The minimum absolute atomic E-state index is 0.0999. The van der Waals surface area contributed by atoms with Gasteiger partial charge in [-0.05, 0) is 31.6 Å². The first-order valence-corrected chi connectivity index (χ1v) is 8.25. The largest absolute Gasteiger partial charge is 0.401 e. The summed E-state index contributed by atoms with van der Waals surface area (Å²) >= 11 is 11.9. The third-order valence-corrected chi connectivity index (χ3v) is 4.50. The van der Waals surface area contributed by atoms with E-state index >= 15 is 0 Å². The number of anilines is 1. The van der Waals surface area contributed by atoms with Crippen LogP contribution < -0.4 is 5.32 Å². The van der Waals surface area contributed by atoms with Gasteiger partial charge in [0.25, 0.3) is 0 Å². The topological polar surface area (TPSA) is 35.6 Å². The molecule has 0 spiro atoms. The number of hydrogen-bond donors (Lipinski definition) is 1. The minimum Gasteiger partial charge on any atom is -0.324 e. The molecule has 1 amide bonds. The molecule has 1 aliphatic heterocycles. The number of benzene rings is 1. The lowest BCUT2D eigenvalue weighted by Gasteiger charge is -2.22. The zero-order valence-electron chi connectivity index (χ0n) is 12.9. The van der Waals surface area contributed by atoms with Gasteiger partial charge >= 0.3 is 6.18 Å². The first kappa shape index (κ1) is 19.3. The molecular formula is C15H18Cl2F3N3O. The molecule has 1 heterocycles. The molecule has 0 bridgehead atoms. The summed E-state index contributed by atoms with van der Waals surface area (Å²) in [6, 6.07) is 4.92. The summed E-state index contributed by atoms with van der Waals surface area (Å²) in [5, 5.41) is 3.28. The van der Waals surface area contributed by atoms with Crippen LogP contribution in [0.15, 0.2) is 18.2 Å². The molecule has 1 N–H and O–H groups in total. The van der Waals surface area contributed by atoms with E-state index in [0.29, 0.717) is 36.8 Å². The van der Waals surface area contributed by atoms with Crippen molar-refractivity contribution in [2.24, 2.45) is 0 Å². The Kier molecular flexibility index (Phi) is 6.74. The van der Waals surface area contributed by atoms with Gasteiger partial charge in [-0.1, -0.05) is 29.3 Å². The van der Waals surface area contributed by atoms with Crippen molar-refractivity contribution in [3.63, 3.8) is 0 Å². The highest BCUT2D eigenvalue weighted by molar-refractivity contribution is 6.43. The SMILES string of the molecule is O=C(CN1CCCN(CC(F)(F)F)CC1)Nc1cccc(Cl)c1Cl. The molecule has 9 heteroatoms. The lowest BCUT2D eigenvalue weighted by molar-refractivity contribution is -0.145. The van der Waals surface area contributed by atoms with Crippen molar-refractivity contribution in [3.05, 3.63) is 28.2 Å². The van der Waals surface area contributed by atoms with Crippen LogP contribution in [0.2, 0.25) is 10.0 Å². The van der Waals surface area contributed by atoms with E-state index in [9.17, 15) is 18.0 Å². The Labute approximate surface area is 148 Å². The molecule has 0 unspecified atom stereocenters. The molecule has 2 rings (SSSR count). The van der Waals surface area contributed by atoms with E-state index in [4.69, 9.17) is 23.2 Å². The maximum Gasteiger partial charge on any atom is 0.401 e. The molecule has 24 heavy (non-hydrogen) atoms. The molecule has 134 valence electrons. The summed E-state index contributed by atoms with van der Waals surface area (Å²) in [4.78, 5) is 15.3. The first-order valence-electron chi connectivity index (χ1n) is 7.50. The quantitative estimate of drug-likeness (QED) is 0.863. The van der Waals surface area contributed by atoms with Crippen molar-refractivity contribution < 1.29 is 18.0 Å². The lowest BCUT2D eigenvalue weighted by atomic mass is 10.3. The highest BCUT2D eigenvalue weighted by atomic mass is 35.5. The smallest absolute Gasteiger partial charge is 0.324 e. The van der Waals surface area contributed by atoms with Crippen LogP contribution in [-0.4, -0.2) is 61.2 Å². The molecule has 1 aromatic rings. The van der Waals surface area contributed by atoms with Crippen LogP contribution in [0.3, 0.4) is 0 Å². The van der Waals surface area contributed by atoms with Crippen LogP contribution in [-0.2, 0) is 4.79 Å². The van der Waals surface area contributed by atoms with E-state index in [2.05, 4.69) is 5.32 Å². The molecular weight excluding hydrogens is 366 g/mol. The molecule has 0 saturated carbocycles. The number of alkyl halides is 3. The number of nitrogens with one attached hydrogen (secondary N) is 1. The standard InChI is InChI=1S/C15H18Cl2F3N3O/c16-11-3-1-4-12(14(11)17)21-13(24)9-22-5-2-6-23(8-7-22)10-15(18,19)20/h1,3-4H,2,5-10H2,(H,21,24). The van der Waals surface area contributed by atoms with Crippen molar-refractivity contribution >= 4 is 34.8 Å². The number of halogens is 5. The van der Waals surface area contributed by atoms with Crippen molar-refractivity contribution in [2.45, 2.75) is 12.6 Å². The molecule has 0 radical (unpaired) electrons. The van der Waals surface area contributed by atoms with Gasteiger partial charge in [0.15, 0.2) is 0 Å². The van der Waals surface area contributed by atoms with Gasteiger partial charge in [0.05, 0.1) is 28.8 Å². The second-order valence-electron chi connectivity index (χ2n) is 5.67. The number of carbonyl (C=O) groups excluding carboxylic acids is 1. The summed E-state index contributed by atoms with van der Waals surface area (Å²) in [7, 11) is 0. The average molecular weight is 384 g/mol. The lowest BCUT2D eigenvalue weighted by Crippen LogP contribution is -2.39. The Hall–Kier alpha value is -1.02. The zero-order valence-corrected chi connectivity index (χ0v) is 14.4. The molecule has 0 aliphatic carbocycles. The fourth-order valence-corrected chi connectivity index (χ4v) is 2.94. The Morgan fingerprint density at radius 2 is 1.79 bits per heavy atom. The number of carbonyl (C=O) groups is 1. The normalized spacial score (nSPS) is 17.5. The highest BCUT2D eigenvalue weighted by Crippen LogP contribution is 2.29. The Bertz CT molecular complexity index is 584. The summed E-state index contributed by atoms with van der Waals surface area (Å²) in [5.41, 5.74) is 0.419. The van der Waals surface area contributed by atoms with E-state index < -0.39 is 12.7 Å². The maximum absolute atomic E-state index is 12.5. The number of hydrogen-bond acceptors (Lipinski definition) is 3. The number of rotatable bonds is 4. The van der Waals surface area contributed by atoms with Gasteiger partial charge in [-0.2, -0.15) is 13.2 Å². The van der Waals surface area contributed by atoms with Crippen molar-refractivity contribution in [1.82, 2.24) is 9.80 Å². The van der Waals surface area contributed by atoms with Crippen LogP contribution in [0, 0.1) is 0 Å². The van der Waals surface area contributed by atoms with Crippen LogP contribution >= 0.6 is 23.2 Å². The van der Waals surface area contributed by atoms with E-state index in [-0.39, 0.29) is 24.0 Å². The molecule has 1 fully saturated rings. The van der Waals surface area contributed by atoms with Crippen molar-refractivity contribution in [2.75, 3.05) is 44.6 Å². The highest BCUT2D eigenvalue weighted by Gasteiger charge is 2.31. The van der Waals surface area contributed by atoms with Gasteiger partial charge in [-0.25, -0.2) is 0 Å². The molecule has 1 aliphatic rings. The van der Waals surface area contributed by atoms with E-state index in [0.717, 1.165) is 0 Å². The summed E-state index contributed by atoms with van der Waals surface area (Å²) in [6.07, 6.45) is -3.61. The van der Waals surface area contributed by atoms with Gasteiger partial charge in [0.1, 0.15) is 0 Å². The van der Waals surface area contributed by atoms with Gasteiger partial charge in [-0.3, -0.25) is 14.6 Å². The van der Waals surface area contributed by atoms with Crippen LogP contribution in [0.4, 0.5) is 18.9 Å². The van der Waals surface area contributed by atoms with Crippen molar-refractivity contribution in [3.8, 4) is 0 Å². The third kappa shape index (κ3) is 6.12. The predicted molar refractivity (Wildman–Crippen MR) is 88.6 cm³/mol.